The zero-order valence-electron chi connectivity index (χ0n) is 16.8. The van der Waals surface area contributed by atoms with Crippen molar-refractivity contribution in [3.8, 4) is 17.6 Å². The monoisotopic (exact) mass is 433 g/mol. The SMILES string of the molecule is CCOc1cc(C=C(C#N)c2ccccc2Cl)ccc1OCc1ccc(C(=O)O)cc1. The Morgan fingerprint density at radius 3 is 2.45 bits per heavy atom. The van der Waals surface area contributed by atoms with Crippen LogP contribution in [0.2, 0.25) is 5.02 Å². The third-order valence-corrected chi connectivity index (χ3v) is 4.79. The number of nitriles is 1. The molecule has 0 aliphatic rings. The lowest BCUT2D eigenvalue weighted by Gasteiger charge is -2.13. The maximum Gasteiger partial charge on any atom is 0.335 e. The molecular weight excluding hydrogens is 414 g/mol. The second-order valence-electron chi connectivity index (χ2n) is 6.58. The molecule has 0 aromatic heterocycles. The number of carboxylic acid groups (broad SMARTS) is 1. The first-order valence-electron chi connectivity index (χ1n) is 9.60. The van der Waals surface area contributed by atoms with Gasteiger partial charge in [-0.1, -0.05) is 48.0 Å². The summed E-state index contributed by atoms with van der Waals surface area (Å²) < 4.78 is 11.6. The number of benzene rings is 3. The molecule has 0 saturated heterocycles. The summed E-state index contributed by atoms with van der Waals surface area (Å²) in [7, 11) is 0. The Balaban J connectivity index is 1.83. The largest absolute Gasteiger partial charge is 0.490 e. The number of aromatic carboxylic acids is 1. The van der Waals surface area contributed by atoms with E-state index in [-0.39, 0.29) is 12.2 Å². The van der Waals surface area contributed by atoms with E-state index in [1.54, 1.807) is 42.5 Å². The average molecular weight is 434 g/mol. The van der Waals surface area contributed by atoms with Crippen molar-refractivity contribution in [3.63, 3.8) is 0 Å². The van der Waals surface area contributed by atoms with Gasteiger partial charge in [-0.2, -0.15) is 5.26 Å². The van der Waals surface area contributed by atoms with Crippen LogP contribution in [0.15, 0.2) is 66.7 Å². The van der Waals surface area contributed by atoms with Crippen LogP contribution in [0.1, 0.15) is 34.0 Å². The molecule has 0 heterocycles. The Labute approximate surface area is 185 Å². The third-order valence-electron chi connectivity index (χ3n) is 4.46. The van der Waals surface area contributed by atoms with Crippen LogP contribution in [0.3, 0.4) is 0 Å². The number of hydrogen-bond donors (Lipinski definition) is 1. The van der Waals surface area contributed by atoms with E-state index < -0.39 is 5.97 Å². The molecule has 0 unspecified atom stereocenters. The predicted molar refractivity (Wildman–Crippen MR) is 120 cm³/mol. The quantitative estimate of drug-likeness (QED) is 0.344. The first kappa shape index (κ1) is 21.9. The van der Waals surface area contributed by atoms with Crippen molar-refractivity contribution in [2.75, 3.05) is 6.61 Å². The van der Waals surface area contributed by atoms with Crippen LogP contribution in [0.25, 0.3) is 11.6 Å². The van der Waals surface area contributed by atoms with Crippen molar-refractivity contribution in [2.24, 2.45) is 0 Å². The summed E-state index contributed by atoms with van der Waals surface area (Å²) in [5.41, 5.74) is 2.94. The van der Waals surface area contributed by atoms with Crippen molar-refractivity contribution in [2.45, 2.75) is 13.5 Å². The van der Waals surface area contributed by atoms with Gasteiger partial charge in [0.05, 0.1) is 23.8 Å². The number of nitrogens with zero attached hydrogens (tertiary/aromatic N) is 1. The third kappa shape index (κ3) is 5.65. The van der Waals surface area contributed by atoms with Crippen molar-refractivity contribution in [1.29, 1.82) is 5.26 Å². The van der Waals surface area contributed by atoms with E-state index in [0.29, 0.717) is 34.3 Å². The van der Waals surface area contributed by atoms with Gasteiger partial charge in [0.1, 0.15) is 6.61 Å². The van der Waals surface area contributed by atoms with Crippen LogP contribution >= 0.6 is 11.6 Å². The molecule has 0 spiro atoms. The van der Waals surface area contributed by atoms with Crippen LogP contribution < -0.4 is 9.47 Å². The van der Waals surface area contributed by atoms with Crippen molar-refractivity contribution < 1.29 is 19.4 Å². The number of halogens is 1. The molecule has 0 saturated carbocycles. The fourth-order valence-electron chi connectivity index (χ4n) is 2.92. The van der Waals surface area contributed by atoms with Gasteiger partial charge in [0.25, 0.3) is 0 Å². The molecule has 0 radical (unpaired) electrons. The Hall–Kier alpha value is -3.75. The Morgan fingerprint density at radius 1 is 1.06 bits per heavy atom. The maximum atomic E-state index is 11.0. The molecule has 5 nitrogen and oxygen atoms in total. The minimum absolute atomic E-state index is 0.224. The van der Waals surface area contributed by atoms with Gasteiger partial charge in [-0.05, 0) is 54.5 Å². The molecular formula is C25H20ClNO4. The molecule has 3 aromatic carbocycles. The fourth-order valence-corrected chi connectivity index (χ4v) is 3.16. The second kappa shape index (κ2) is 10.3. The van der Waals surface area contributed by atoms with Crippen LogP contribution in [0.4, 0.5) is 0 Å². The summed E-state index contributed by atoms with van der Waals surface area (Å²) in [5, 5.41) is 19.1. The van der Waals surface area contributed by atoms with Crippen LogP contribution in [-0.2, 0) is 6.61 Å². The summed E-state index contributed by atoms with van der Waals surface area (Å²) in [6, 6.07) is 21.3. The van der Waals surface area contributed by atoms with Crippen LogP contribution in [0.5, 0.6) is 11.5 Å². The maximum absolute atomic E-state index is 11.0. The molecule has 0 atom stereocenters. The number of allylic oxidation sites excluding steroid dienone is 1. The Bertz CT molecular complexity index is 1150. The number of carboxylic acids is 1. The fraction of sp³-hybridized carbons (Fsp3) is 0.120. The van der Waals surface area contributed by atoms with E-state index in [1.807, 2.05) is 25.1 Å². The van der Waals surface area contributed by atoms with Crippen molar-refractivity contribution in [1.82, 2.24) is 0 Å². The topological polar surface area (TPSA) is 79.5 Å². The van der Waals surface area contributed by atoms with Crippen LogP contribution in [-0.4, -0.2) is 17.7 Å². The van der Waals surface area contributed by atoms with E-state index >= 15 is 0 Å². The molecule has 0 aliphatic carbocycles. The van der Waals surface area contributed by atoms with E-state index in [4.69, 9.17) is 26.2 Å². The molecule has 0 aliphatic heterocycles. The molecule has 156 valence electrons. The van der Waals surface area contributed by atoms with Crippen LogP contribution in [0, 0.1) is 11.3 Å². The highest BCUT2D eigenvalue weighted by atomic mass is 35.5. The van der Waals surface area contributed by atoms with E-state index in [9.17, 15) is 10.1 Å². The second-order valence-corrected chi connectivity index (χ2v) is 6.99. The number of rotatable bonds is 8. The first-order valence-corrected chi connectivity index (χ1v) is 9.98. The van der Waals surface area contributed by atoms with Gasteiger partial charge in [0.15, 0.2) is 11.5 Å². The van der Waals surface area contributed by atoms with E-state index in [1.165, 1.54) is 12.1 Å². The van der Waals surface area contributed by atoms with Crippen molar-refractivity contribution in [3.05, 3.63) is 94.0 Å². The zero-order valence-corrected chi connectivity index (χ0v) is 17.6. The Morgan fingerprint density at radius 2 is 1.81 bits per heavy atom. The van der Waals surface area contributed by atoms with Gasteiger partial charge < -0.3 is 14.6 Å². The standard InChI is InChI=1S/C25H20ClNO4/c1-2-30-24-14-18(13-20(15-27)21-5-3-4-6-22(21)26)9-12-23(24)31-16-17-7-10-19(11-8-17)25(28)29/h3-14H,2,16H2,1H3,(H,28,29). The van der Waals surface area contributed by atoms with Gasteiger partial charge in [-0.3, -0.25) is 0 Å². The average Bonchev–Trinajstić information content (AvgIpc) is 2.78. The molecule has 1 N–H and O–H groups in total. The molecule has 31 heavy (non-hydrogen) atoms. The molecule has 6 heteroatoms. The van der Waals surface area contributed by atoms with Gasteiger partial charge in [-0.25, -0.2) is 4.79 Å². The van der Waals surface area contributed by atoms with Gasteiger partial charge in [-0.15, -0.1) is 0 Å². The summed E-state index contributed by atoms with van der Waals surface area (Å²) in [6.45, 7) is 2.59. The highest BCUT2D eigenvalue weighted by Gasteiger charge is 2.10. The minimum atomic E-state index is -0.969. The molecule has 0 amide bonds. The molecule has 3 rings (SSSR count). The highest BCUT2D eigenvalue weighted by Crippen LogP contribution is 2.32. The summed E-state index contributed by atoms with van der Waals surface area (Å²) >= 11 is 6.23. The lowest BCUT2D eigenvalue weighted by atomic mass is 10.0. The molecule has 0 fully saturated rings. The normalized spacial score (nSPS) is 10.9. The van der Waals surface area contributed by atoms with Gasteiger partial charge in [0.2, 0.25) is 0 Å². The number of carbonyl (C=O) groups is 1. The predicted octanol–water partition coefficient (Wildman–Crippen LogP) is 6.08. The lowest BCUT2D eigenvalue weighted by Crippen LogP contribution is -2.01. The summed E-state index contributed by atoms with van der Waals surface area (Å²) in [6.07, 6.45) is 1.75. The van der Waals surface area contributed by atoms with Crippen molar-refractivity contribution >= 4 is 29.2 Å². The Kier molecular flexibility index (Phi) is 7.31. The summed E-state index contributed by atoms with van der Waals surface area (Å²) in [5.74, 6) is 0.135. The number of hydrogen-bond acceptors (Lipinski definition) is 4. The van der Waals surface area contributed by atoms with Gasteiger partial charge >= 0.3 is 5.97 Å². The molecule has 3 aromatic rings. The number of ether oxygens (including phenoxy) is 2. The van der Waals surface area contributed by atoms with E-state index in [2.05, 4.69) is 6.07 Å². The van der Waals surface area contributed by atoms with E-state index in [0.717, 1.165) is 11.1 Å². The zero-order chi connectivity index (χ0) is 22.2. The molecule has 0 bridgehead atoms. The minimum Gasteiger partial charge on any atom is -0.490 e. The first-order chi connectivity index (χ1) is 15.0. The summed E-state index contributed by atoms with van der Waals surface area (Å²) in [4.78, 5) is 11.0. The smallest absolute Gasteiger partial charge is 0.335 e. The highest BCUT2D eigenvalue weighted by molar-refractivity contribution is 6.32. The van der Waals surface area contributed by atoms with Gasteiger partial charge in [0, 0.05) is 10.6 Å². The lowest BCUT2D eigenvalue weighted by molar-refractivity contribution is 0.0697.